The highest BCUT2D eigenvalue weighted by atomic mass is 16.4. The van der Waals surface area contributed by atoms with Gasteiger partial charge in [-0.25, -0.2) is 0 Å². The second-order valence-electron chi connectivity index (χ2n) is 8.90. The molecule has 0 saturated carbocycles. The van der Waals surface area contributed by atoms with Crippen molar-refractivity contribution in [2.45, 2.75) is 46.6 Å². The number of nitrogens with one attached hydrogen (secondary N) is 1. The number of Topliss-reactive ketones (excluding diaryl/α,β-unsaturated/α-hetero) is 1. The van der Waals surface area contributed by atoms with Crippen LogP contribution in [-0.2, 0) is 6.42 Å². The number of hydrogen-bond donors (Lipinski definition) is 1. The van der Waals surface area contributed by atoms with E-state index in [1.54, 1.807) is 6.92 Å². The molecule has 1 heterocycles. The molecule has 0 aliphatic heterocycles. The first kappa shape index (κ1) is 20.3. The Bertz CT molecular complexity index is 891. The van der Waals surface area contributed by atoms with E-state index in [-0.39, 0.29) is 28.9 Å². The third-order valence-electron chi connectivity index (χ3n) is 5.52. The first-order valence-corrected chi connectivity index (χ1v) is 9.76. The van der Waals surface area contributed by atoms with Crippen LogP contribution in [0.1, 0.15) is 69.7 Å². The van der Waals surface area contributed by atoms with Crippen molar-refractivity contribution in [3.8, 4) is 0 Å². The molecule has 2 aromatic rings. The van der Waals surface area contributed by atoms with Crippen LogP contribution in [0.5, 0.6) is 0 Å². The molecule has 0 saturated heterocycles. The Morgan fingerprint density at radius 3 is 2.43 bits per heavy atom. The van der Waals surface area contributed by atoms with Gasteiger partial charge in [-0.15, -0.1) is 0 Å². The van der Waals surface area contributed by atoms with Gasteiger partial charge in [-0.2, -0.15) is 0 Å². The van der Waals surface area contributed by atoms with Crippen molar-refractivity contribution < 1.29 is 14.0 Å². The summed E-state index contributed by atoms with van der Waals surface area (Å²) >= 11 is 0. The number of aryl methyl sites for hydroxylation is 1. The zero-order valence-electron chi connectivity index (χ0n) is 17.7. The predicted molar refractivity (Wildman–Crippen MR) is 110 cm³/mol. The lowest BCUT2D eigenvalue weighted by Crippen LogP contribution is -2.34. The lowest BCUT2D eigenvalue weighted by Gasteiger charge is -2.27. The third-order valence-corrected chi connectivity index (χ3v) is 5.52. The minimum Gasteiger partial charge on any atom is -0.455 e. The smallest absolute Gasteiger partial charge is 0.287 e. The summed E-state index contributed by atoms with van der Waals surface area (Å²) in [4.78, 5) is 27.4. The Labute approximate surface area is 167 Å². The fraction of sp³-hybridized carbons (Fsp3) is 0.478. The molecule has 1 N–H and O–H groups in total. The van der Waals surface area contributed by atoms with Gasteiger partial charge in [0.25, 0.3) is 5.91 Å². The number of rotatable bonds is 5. The van der Waals surface area contributed by atoms with Crippen LogP contribution < -0.4 is 5.32 Å². The van der Waals surface area contributed by atoms with E-state index < -0.39 is 0 Å². The van der Waals surface area contributed by atoms with Crippen molar-refractivity contribution in [3.63, 3.8) is 0 Å². The lowest BCUT2D eigenvalue weighted by molar-refractivity contribution is 0.0884. The second kappa shape index (κ2) is 7.55. The molecule has 1 unspecified atom stereocenters. The molecule has 3 rings (SSSR count). The van der Waals surface area contributed by atoms with Crippen molar-refractivity contribution in [2.24, 2.45) is 5.41 Å². The number of likely N-dealkylation sites (N-methyl/N-ethyl adjacent to an activating group) is 1. The molecule has 150 valence electrons. The monoisotopic (exact) mass is 382 g/mol. The highest BCUT2D eigenvalue weighted by Gasteiger charge is 2.37. The molecule has 1 aliphatic carbocycles. The van der Waals surface area contributed by atoms with Crippen LogP contribution in [0.15, 0.2) is 28.7 Å². The van der Waals surface area contributed by atoms with Crippen LogP contribution >= 0.6 is 0 Å². The van der Waals surface area contributed by atoms with Crippen molar-refractivity contribution in [1.82, 2.24) is 10.2 Å². The van der Waals surface area contributed by atoms with Gasteiger partial charge in [0.05, 0.1) is 11.6 Å². The molecule has 0 fully saturated rings. The Morgan fingerprint density at radius 1 is 1.18 bits per heavy atom. The fourth-order valence-electron chi connectivity index (χ4n) is 3.96. The predicted octanol–water partition coefficient (Wildman–Crippen LogP) is 4.08. The summed E-state index contributed by atoms with van der Waals surface area (Å²) < 4.78 is 5.87. The van der Waals surface area contributed by atoms with Gasteiger partial charge in [0.15, 0.2) is 11.5 Å². The summed E-state index contributed by atoms with van der Waals surface area (Å²) in [6.07, 6.45) is 1.16. The Balaban J connectivity index is 1.78. The molecular formula is C23H30N2O3. The van der Waals surface area contributed by atoms with Crippen molar-refractivity contribution in [2.75, 3.05) is 20.6 Å². The fourth-order valence-corrected chi connectivity index (χ4v) is 3.96. The Morgan fingerprint density at radius 2 is 1.82 bits per heavy atom. The first-order valence-electron chi connectivity index (χ1n) is 9.76. The normalized spacial score (nSPS) is 16.8. The van der Waals surface area contributed by atoms with Gasteiger partial charge < -0.3 is 14.6 Å². The molecule has 5 nitrogen and oxygen atoms in total. The average Bonchev–Trinajstić information content (AvgIpc) is 2.91. The molecule has 1 aliphatic rings. The number of amides is 1. The largest absolute Gasteiger partial charge is 0.455 e. The van der Waals surface area contributed by atoms with E-state index in [1.165, 1.54) is 5.56 Å². The first-order chi connectivity index (χ1) is 13.1. The summed E-state index contributed by atoms with van der Waals surface area (Å²) in [5.41, 5.74) is 3.47. The van der Waals surface area contributed by atoms with E-state index in [4.69, 9.17) is 4.42 Å². The van der Waals surface area contributed by atoms with Gasteiger partial charge in [-0.3, -0.25) is 9.59 Å². The van der Waals surface area contributed by atoms with Crippen LogP contribution in [0, 0.1) is 19.3 Å². The Hall–Kier alpha value is -2.40. The van der Waals surface area contributed by atoms with Crippen LogP contribution in [0.4, 0.5) is 0 Å². The molecule has 1 amide bonds. The zero-order chi connectivity index (χ0) is 20.6. The number of hydrogen-bond acceptors (Lipinski definition) is 4. The SMILES string of the molecule is Cc1ccc(C(CNC(=O)c2oc3c(c2C)C(=O)CC(C)(C)C3)N(C)C)cc1. The number of carbonyl (C=O) groups is 2. The highest BCUT2D eigenvalue weighted by Crippen LogP contribution is 2.38. The maximum atomic E-state index is 12.8. The van der Waals surface area contributed by atoms with E-state index in [0.29, 0.717) is 36.3 Å². The van der Waals surface area contributed by atoms with E-state index in [2.05, 4.69) is 55.3 Å². The van der Waals surface area contributed by atoms with Crippen LogP contribution in [0.25, 0.3) is 0 Å². The molecule has 5 heteroatoms. The summed E-state index contributed by atoms with van der Waals surface area (Å²) in [7, 11) is 3.99. The third kappa shape index (κ3) is 4.04. The van der Waals surface area contributed by atoms with Crippen molar-refractivity contribution in [1.29, 1.82) is 0 Å². The minimum atomic E-state index is -0.267. The summed E-state index contributed by atoms with van der Waals surface area (Å²) in [6, 6.07) is 8.38. The van der Waals surface area contributed by atoms with Gasteiger partial charge in [-0.1, -0.05) is 43.7 Å². The maximum absolute atomic E-state index is 12.8. The van der Waals surface area contributed by atoms with Gasteiger partial charge in [0.2, 0.25) is 0 Å². The average molecular weight is 383 g/mol. The van der Waals surface area contributed by atoms with Gasteiger partial charge in [0.1, 0.15) is 5.76 Å². The van der Waals surface area contributed by atoms with Gasteiger partial charge in [-0.05, 0) is 38.9 Å². The standard InChI is InChI=1S/C23H30N2O3/c1-14-7-9-16(10-8-14)17(25(5)6)13-24-22(27)21-15(2)20-18(26)11-23(3,4)12-19(20)28-21/h7-10,17H,11-13H2,1-6H3,(H,24,27). The molecule has 0 spiro atoms. The molecule has 1 aromatic heterocycles. The molecular weight excluding hydrogens is 352 g/mol. The van der Waals surface area contributed by atoms with Gasteiger partial charge >= 0.3 is 0 Å². The van der Waals surface area contributed by atoms with Crippen LogP contribution in [-0.4, -0.2) is 37.2 Å². The highest BCUT2D eigenvalue weighted by molar-refractivity contribution is 6.03. The number of benzene rings is 1. The van der Waals surface area contributed by atoms with Crippen LogP contribution in [0.2, 0.25) is 0 Å². The van der Waals surface area contributed by atoms with E-state index >= 15 is 0 Å². The number of carbonyl (C=O) groups excluding carboxylic acids is 2. The van der Waals surface area contributed by atoms with Crippen molar-refractivity contribution in [3.05, 3.63) is 58.0 Å². The van der Waals surface area contributed by atoms with Crippen LogP contribution in [0.3, 0.4) is 0 Å². The molecule has 28 heavy (non-hydrogen) atoms. The topological polar surface area (TPSA) is 62.6 Å². The number of furan rings is 1. The molecule has 0 radical (unpaired) electrons. The Kier molecular flexibility index (Phi) is 5.48. The zero-order valence-corrected chi connectivity index (χ0v) is 17.7. The lowest BCUT2D eigenvalue weighted by atomic mass is 9.76. The van der Waals surface area contributed by atoms with E-state index in [1.807, 2.05) is 14.1 Å². The molecule has 1 aromatic carbocycles. The van der Waals surface area contributed by atoms with Crippen molar-refractivity contribution >= 4 is 11.7 Å². The maximum Gasteiger partial charge on any atom is 0.287 e. The van der Waals surface area contributed by atoms with Gasteiger partial charge in [0, 0.05) is 24.9 Å². The van der Waals surface area contributed by atoms with E-state index in [9.17, 15) is 9.59 Å². The van der Waals surface area contributed by atoms with E-state index in [0.717, 1.165) is 5.56 Å². The molecule has 1 atom stereocenters. The second-order valence-corrected chi connectivity index (χ2v) is 8.90. The summed E-state index contributed by atoms with van der Waals surface area (Å²) in [5, 5.41) is 2.99. The number of nitrogens with zero attached hydrogens (tertiary/aromatic N) is 1. The number of ketones is 1. The summed E-state index contributed by atoms with van der Waals surface area (Å²) in [6.45, 7) is 8.42. The summed E-state index contributed by atoms with van der Waals surface area (Å²) in [5.74, 6) is 0.706. The molecule has 0 bridgehead atoms. The number of fused-ring (bicyclic) bond motifs is 1. The minimum absolute atomic E-state index is 0.0509. The quantitative estimate of drug-likeness (QED) is 0.846.